The number of benzene rings is 2. The van der Waals surface area contributed by atoms with Crippen molar-refractivity contribution in [2.24, 2.45) is 0 Å². The van der Waals surface area contributed by atoms with E-state index in [4.69, 9.17) is 4.74 Å². The van der Waals surface area contributed by atoms with Crippen LogP contribution in [-0.4, -0.2) is 48.9 Å². The van der Waals surface area contributed by atoms with Crippen LogP contribution in [-0.2, 0) is 4.79 Å². The molecule has 0 aromatic heterocycles. The molecule has 0 saturated carbocycles. The predicted molar refractivity (Wildman–Crippen MR) is 113 cm³/mol. The highest BCUT2D eigenvalue weighted by Crippen LogP contribution is 2.45. The van der Waals surface area contributed by atoms with Crippen molar-refractivity contribution < 1.29 is 14.3 Å². The summed E-state index contributed by atoms with van der Waals surface area (Å²) in [7, 11) is 3.22. The highest BCUT2D eigenvalue weighted by molar-refractivity contribution is 8.19. The number of amides is 2. The Morgan fingerprint density at radius 3 is 2.30 bits per heavy atom. The summed E-state index contributed by atoms with van der Waals surface area (Å²) in [5.74, 6) is 2.65. The van der Waals surface area contributed by atoms with Crippen LogP contribution in [0.5, 0.6) is 5.75 Å². The molecule has 3 rings (SSSR count). The molecule has 0 unspecified atom stereocenters. The summed E-state index contributed by atoms with van der Waals surface area (Å²) < 4.78 is 5.55. The molecule has 0 aliphatic carbocycles. The number of carbonyl (C=O) groups is 2. The molecule has 1 aliphatic heterocycles. The van der Waals surface area contributed by atoms with Gasteiger partial charge in [0.1, 0.15) is 5.75 Å². The van der Waals surface area contributed by atoms with Crippen molar-refractivity contribution in [2.45, 2.75) is 4.58 Å². The summed E-state index contributed by atoms with van der Waals surface area (Å²) in [6, 6.07) is 14.8. The zero-order valence-corrected chi connectivity index (χ0v) is 16.9. The quantitative estimate of drug-likeness (QED) is 0.795. The van der Waals surface area contributed by atoms with Gasteiger partial charge in [0.15, 0.2) is 0 Å². The van der Waals surface area contributed by atoms with Crippen LogP contribution in [0.1, 0.15) is 20.5 Å². The number of hydrogen-bond acceptors (Lipinski definition) is 5. The van der Waals surface area contributed by atoms with Gasteiger partial charge in [-0.3, -0.25) is 9.59 Å². The summed E-state index contributed by atoms with van der Waals surface area (Å²) in [6.07, 6.45) is 0. The van der Waals surface area contributed by atoms with Crippen molar-refractivity contribution >= 4 is 41.0 Å². The van der Waals surface area contributed by atoms with E-state index >= 15 is 0 Å². The molecular formula is C20H22N2O3S2. The molecule has 1 fully saturated rings. The third-order valence-corrected chi connectivity index (χ3v) is 7.26. The Morgan fingerprint density at radius 2 is 1.70 bits per heavy atom. The van der Waals surface area contributed by atoms with Crippen LogP contribution in [0, 0.1) is 0 Å². The Balaban J connectivity index is 1.55. The fraction of sp³-hybridized carbons (Fsp3) is 0.300. The maximum absolute atomic E-state index is 12.6. The van der Waals surface area contributed by atoms with Crippen molar-refractivity contribution in [3.8, 4) is 5.75 Å². The molecule has 5 nitrogen and oxygen atoms in total. The van der Waals surface area contributed by atoms with E-state index in [1.165, 1.54) is 22.0 Å². The molecule has 1 heterocycles. The van der Waals surface area contributed by atoms with E-state index in [9.17, 15) is 9.59 Å². The minimum absolute atomic E-state index is 0.0130. The molecule has 2 amide bonds. The first-order valence-electron chi connectivity index (χ1n) is 8.59. The van der Waals surface area contributed by atoms with Gasteiger partial charge in [0, 0.05) is 29.8 Å². The third-order valence-electron chi connectivity index (χ3n) is 4.15. The monoisotopic (exact) mass is 402 g/mol. The number of hydrogen-bond donors (Lipinski definition) is 1. The van der Waals surface area contributed by atoms with Gasteiger partial charge in [-0.25, -0.2) is 0 Å². The fourth-order valence-electron chi connectivity index (χ4n) is 2.72. The largest absolute Gasteiger partial charge is 0.497 e. The molecule has 7 heteroatoms. The molecule has 1 aliphatic rings. The topological polar surface area (TPSA) is 58.6 Å². The number of nitrogens with zero attached hydrogens (tertiary/aromatic N) is 1. The average Bonchev–Trinajstić information content (AvgIpc) is 3.23. The van der Waals surface area contributed by atoms with Crippen molar-refractivity contribution in [3.05, 3.63) is 59.7 Å². The van der Waals surface area contributed by atoms with Crippen LogP contribution in [0.25, 0.3) is 0 Å². The van der Waals surface area contributed by atoms with Gasteiger partial charge in [-0.15, -0.1) is 23.5 Å². The van der Waals surface area contributed by atoms with Gasteiger partial charge in [-0.2, -0.15) is 0 Å². The molecule has 0 bridgehead atoms. The smallest absolute Gasteiger partial charge is 0.254 e. The van der Waals surface area contributed by atoms with Gasteiger partial charge in [0.05, 0.1) is 18.2 Å². The van der Waals surface area contributed by atoms with Crippen LogP contribution >= 0.6 is 23.5 Å². The minimum atomic E-state index is -0.244. The maximum Gasteiger partial charge on any atom is 0.254 e. The number of nitrogens with one attached hydrogen (secondary N) is 1. The van der Waals surface area contributed by atoms with Gasteiger partial charge in [-0.05, 0) is 42.0 Å². The van der Waals surface area contributed by atoms with Crippen LogP contribution < -0.4 is 10.1 Å². The lowest BCUT2D eigenvalue weighted by Crippen LogP contribution is -2.34. The van der Waals surface area contributed by atoms with Crippen LogP contribution in [0.2, 0.25) is 0 Å². The van der Waals surface area contributed by atoms with Crippen molar-refractivity contribution in [2.75, 3.05) is 37.5 Å². The first-order chi connectivity index (χ1) is 13.1. The van der Waals surface area contributed by atoms with Crippen LogP contribution in [0.4, 0.5) is 5.69 Å². The van der Waals surface area contributed by atoms with E-state index in [0.717, 1.165) is 5.75 Å². The second kappa shape index (κ2) is 9.19. The molecule has 2 aromatic carbocycles. The number of rotatable bonds is 6. The molecule has 2 aromatic rings. The van der Waals surface area contributed by atoms with Crippen LogP contribution in [0.3, 0.4) is 0 Å². The number of ether oxygens (including phenoxy) is 1. The Hall–Kier alpha value is -2.12. The zero-order valence-electron chi connectivity index (χ0n) is 15.3. The summed E-state index contributed by atoms with van der Waals surface area (Å²) >= 11 is 3.87. The van der Waals surface area contributed by atoms with E-state index in [-0.39, 0.29) is 18.4 Å². The Bertz CT molecular complexity index is 788. The predicted octanol–water partition coefficient (Wildman–Crippen LogP) is 3.88. The van der Waals surface area contributed by atoms with Gasteiger partial charge >= 0.3 is 0 Å². The van der Waals surface area contributed by atoms with Gasteiger partial charge in [0.25, 0.3) is 5.91 Å². The third kappa shape index (κ3) is 5.20. The summed E-state index contributed by atoms with van der Waals surface area (Å²) in [6.45, 7) is -0.0130. The highest BCUT2D eigenvalue weighted by Gasteiger charge is 2.19. The molecule has 1 N–H and O–H groups in total. The highest BCUT2D eigenvalue weighted by atomic mass is 32.2. The number of thioether (sulfide) groups is 2. The van der Waals surface area contributed by atoms with Gasteiger partial charge < -0.3 is 15.0 Å². The van der Waals surface area contributed by atoms with E-state index in [1.54, 1.807) is 38.4 Å². The summed E-state index contributed by atoms with van der Waals surface area (Å²) in [5.41, 5.74) is 2.49. The molecular weight excluding hydrogens is 380 g/mol. The lowest BCUT2D eigenvalue weighted by atomic mass is 10.1. The molecule has 27 heavy (non-hydrogen) atoms. The Labute approximate surface area is 167 Å². The zero-order chi connectivity index (χ0) is 19.2. The average molecular weight is 403 g/mol. The van der Waals surface area contributed by atoms with E-state index < -0.39 is 0 Å². The van der Waals surface area contributed by atoms with Crippen molar-refractivity contribution in [1.29, 1.82) is 0 Å². The number of methoxy groups -OCH3 is 1. The second-order valence-corrected chi connectivity index (χ2v) is 8.86. The van der Waals surface area contributed by atoms with Crippen molar-refractivity contribution in [1.82, 2.24) is 4.90 Å². The molecule has 142 valence electrons. The summed E-state index contributed by atoms with van der Waals surface area (Å²) in [4.78, 5) is 26.2. The first kappa shape index (κ1) is 19.6. The lowest BCUT2D eigenvalue weighted by Gasteiger charge is -2.17. The van der Waals surface area contributed by atoms with Gasteiger partial charge in [-0.1, -0.05) is 12.1 Å². The van der Waals surface area contributed by atoms with E-state index in [2.05, 4.69) is 5.32 Å². The summed E-state index contributed by atoms with van der Waals surface area (Å²) in [5, 5.41) is 2.78. The number of likely N-dealkylation sites (N-methyl/N-ethyl adjacent to an activating group) is 1. The minimum Gasteiger partial charge on any atom is -0.497 e. The maximum atomic E-state index is 12.6. The van der Waals surface area contributed by atoms with Crippen LogP contribution in [0.15, 0.2) is 48.5 Å². The normalized spacial score (nSPS) is 14.0. The van der Waals surface area contributed by atoms with E-state index in [1.807, 2.05) is 47.8 Å². The SMILES string of the molecule is COc1ccc(NC(=O)CN(C)C(=O)c2ccc(C3SCCS3)cc2)cc1. The first-order valence-corrected chi connectivity index (χ1v) is 10.7. The standard InChI is InChI=1S/C20H22N2O3S2/c1-22(13-18(23)21-16-7-9-17(25-2)10-8-16)19(24)14-3-5-15(6-4-14)20-26-11-12-27-20/h3-10,20H,11-13H2,1-2H3,(H,21,23). The Morgan fingerprint density at radius 1 is 1.07 bits per heavy atom. The fourth-order valence-corrected chi connectivity index (χ4v) is 5.58. The molecule has 0 atom stereocenters. The van der Waals surface area contributed by atoms with Crippen molar-refractivity contribution in [3.63, 3.8) is 0 Å². The molecule has 0 spiro atoms. The lowest BCUT2D eigenvalue weighted by molar-refractivity contribution is -0.116. The number of anilines is 1. The molecule has 1 saturated heterocycles. The Kier molecular flexibility index (Phi) is 6.68. The van der Waals surface area contributed by atoms with Gasteiger partial charge in [0.2, 0.25) is 5.91 Å². The molecule has 0 radical (unpaired) electrons. The second-order valence-electron chi connectivity index (χ2n) is 6.13. The van der Waals surface area contributed by atoms with E-state index in [0.29, 0.717) is 15.8 Å². The number of carbonyl (C=O) groups excluding carboxylic acids is 2.